The second-order valence-corrected chi connectivity index (χ2v) is 4.15. The smallest absolute Gasteiger partial charge is 0.145 e. The lowest BCUT2D eigenvalue weighted by molar-refractivity contribution is 0.304. The van der Waals surface area contributed by atoms with Crippen LogP contribution in [-0.2, 0) is 0 Å². The molecule has 7 heteroatoms. The van der Waals surface area contributed by atoms with E-state index in [1.165, 1.54) is 12.1 Å². The summed E-state index contributed by atoms with van der Waals surface area (Å²) in [7, 11) is 0. The van der Waals surface area contributed by atoms with Gasteiger partial charge < -0.3 is 15.7 Å². The summed E-state index contributed by atoms with van der Waals surface area (Å²) < 4.78 is 18.9. The van der Waals surface area contributed by atoms with Crippen molar-refractivity contribution in [2.75, 3.05) is 6.61 Å². The van der Waals surface area contributed by atoms with Gasteiger partial charge in [0.05, 0.1) is 16.1 Å². The van der Waals surface area contributed by atoms with Gasteiger partial charge in [0.2, 0.25) is 0 Å². The zero-order valence-corrected chi connectivity index (χ0v) is 10.4. The maximum Gasteiger partial charge on any atom is 0.145 e. The Labute approximate surface area is 105 Å². The average Bonchev–Trinajstić information content (AvgIpc) is 2.25. The van der Waals surface area contributed by atoms with Crippen LogP contribution in [0.25, 0.3) is 0 Å². The van der Waals surface area contributed by atoms with Crippen LogP contribution in [0.1, 0.15) is 6.42 Å². The number of amidine groups is 1. The van der Waals surface area contributed by atoms with Gasteiger partial charge in [-0.1, -0.05) is 16.8 Å². The van der Waals surface area contributed by atoms with Crippen LogP contribution in [0.4, 0.5) is 4.39 Å². The summed E-state index contributed by atoms with van der Waals surface area (Å²) in [4.78, 5) is 0. The van der Waals surface area contributed by atoms with Crippen LogP contribution in [-0.4, -0.2) is 17.6 Å². The van der Waals surface area contributed by atoms with E-state index in [1.54, 1.807) is 0 Å². The van der Waals surface area contributed by atoms with Crippen LogP contribution >= 0.6 is 27.5 Å². The highest BCUT2D eigenvalue weighted by Gasteiger charge is 2.07. The van der Waals surface area contributed by atoms with E-state index >= 15 is 0 Å². The third-order valence-corrected chi connectivity index (χ3v) is 2.63. The highest BCUT2D eigenvalue weighted by Crippen LogP contribution is 2.30. The summed E-state index contributed by atoms with van der Waals surface area (Å²) in [6.07, 6.45) is 0.243. The quantitative estimate of drug-likeness (QED) is 0.295. The van der Waals surface area contributed by atoms with E-state index in [2.05, 4.69) is 21.1 Å². The van der Waals surface area contributed by atoms with Crippen LogP contribution in [0, 0.1) is 5.82 Å². The Morgan fingerprint density at radius 3 is 2.94 bits per heavy atom. The molecule has 0 saturated carbocycles. The van der Waals surface area contributed by atoms with Crippen molar-refractivity contribution >= 4 is 33.4 Å². The van der Waals surface area contributed by atoms with Gasteiger partial charge in [0.1, 0.15) is 17.4 Å². The second-order valence-electron chi connectivity index (χ2n) is 2.89. The normalized spacial score (nSPS) is 11.6. The molecule has 3 N–H and O–H groups in total. The van der Waals surface area contributed by atoms with Gasteiger partial charge in [-0.05, 0) is 22.0 Å². The molecular weight excluding hydrogens is 302 g/mol. The van der Waals surface area contributed by atoms with Gasteiger partial charge in [-0.3, -0.25) is 0 Å². The number of hydrogen-bond acceptors (Lipinski definition) is 3. The molecule has 0 atom stereocenters. The van der Waals surface area contributed by atoms with Crippen LogP contribution < -0.4 is 10.5 Å². The minimum Gasteiger partial charge on any atom is -0.492 e. The lowest BCUT2D eigenvalue weighted by Gasteiger charge is -2.08. The van der Waals surface area contributed by atoms with Crippen molar-refractivity contribution in [2.45, 2.75) is 6.42 Å². The summed E-state index contributed by atoms with van der Waals surface area (Å²) in [6, 6.07) is 2.56. The first-order chi connectivity index (χ1) is 7.54. The van der Waals surface area contributed by atoms with Gasteiger partial charge in [-0.15, -0.1) is 0 Å². The van der Waals surface area contributed by atoms with E-state index in [0.29, 0.717) is 10.2 Å². The van der Waals surface area contributed by atoms with Gasteiger partial charge >= 0.3 is 0 Å². The van der Waals surface area contributed by atoms with Crippen molar-refractivity contribution in [2.24, 2.45) is 10.9 Å². The molecule has 0 aromatic heterocycles. The SMILES string of the molecule is N/C(CCOc1cc(F)c(Cl)cc1Br)=N/O. The molecule has 4 nitrogen and oxygen atoms in total. The molecule has 1 rings (SSSR count). The second kappa shape index (κ2) is 5.91. The Morgan fingerprint density at radius 2 is 2.31 bits per heavy atom. The number of ether oxygens (including phenoxy) is 1. The van der Waals surface area contributed by atoms with Gasteiger partial charge in [0, 0.05) is 12.5 Å². The Morgan fingerprint density at radius 1 is 1.62 bits per heavy atom. The number of halogens is 3. The molecule has 0 aliphatic heterocycles. The van der Waals surface area contributed by atoms with Crippen LogP contribution in [0.15, 0.2) is 21.8 Å². The Hall–Kier alpha value is -1.01. The molecule has 0 bridgehead atoms. The van der Waals surface area contributed by atoms with E-state index in [9.17, 15) is 4.39 Å². The van der Waals surface area contributed by atoms with E-state index in [0.717, 1.165) is 0 Å². The van der Waals surface area contributed by atoms with Crippen molar-refractivity contribution in [3.05, 3.63) is 27.4 Å². The van der Waals surface area contributed by atoms with Crippen molar-refractivity contribution in [1.29, 1.82) is 0 Å². The Bertz CT molecular complexity index is 415. The number of benzene rings is 1. The molecule has 0 amide bonds. The highest BCUT2D eigenvalue weighted by molar-refractivity contribution is 9.10. The standard InChI is InChI=1S/C9H9BrClFN2O2/c10-5-3-6(11)7(12)4-8(5)16-2-1-9(13)14-15/h3-4,15H,1-2H2,(H2,13,14). The molecule has 1 aromatic carbocycles. The molecule has 0 spiro atoms. The minimum atomic E-state index is -0.566. The topological polar surface area (TPSA) is 67.8 Å². The van der Waals surface area contributed by atoms with E-state index in [-0.39, 0.29) is 23.9 Å². The summed E-state index contributed by atoms with van der Waals surface area (Å²) >= 11 is 8.74. The molecule has 0 saturated heterocycles. The first kappa shape index (κ1) is 13.1. The van der Waals surface area contributed by atoms with E-state index in [1.807, 2.05) is 0 Å². The highest BCUT2D eigenvalue weighted by atomic mass is 79.9. The summed E-state index contributed by atoms with van der Waals surface area (Å²) in [5, 5.41) is 11.1. The Kier molecular flexibility index (Phi) is 4.82. The lowest BCUT2D eigenvalue weighted by Crippen LogP contribution is -2.15. The number of nitrogens with two attached hydrogens (primary N) is 1. The summed E-state index contributed by atoms with van der Waals surface area (Å²) in [6.45, 7) is 0.176. The van der Waals surface area contributed by atoms with Crippen LogP contribution in [0.5, 0.6) is 5.75 Å². The number of oxime groups is 1. The lowest BCUT2D eigenvalue weighted by atomic mass is 10.3. The fourth-order valence-electron chi connectivity index (χ4n) is 0.930. The van der Waals surface area contributed by atoms with Crippen LogP contribution in [0.2, 0.25) is 5.02 Å². The molecule has 0 heterocycles. The Balaban J connectivity index is 2.64. The third-order valence-electron chi connectivity index (χ3n) is 1.72. The molecule has 0 aliphatic rings. The van der Waals surface area contributed by atoms with Crippen molar-refractivity contribution in [3.8, 4) is 5.75 Å². The maximum atomic E-state index is 13.1. The van der Waals surface area contributed by atoms with Gasteiger partial charge in [0.15, 0.2) is 0 Å². The maximum absolute atomic E-state index is 13.1. The fraction of sp³-hybridized carbons (Fsp3) is 0.222. The summed E-state index contributed by atoms with van der Waals surface area (Å²) in [5.41, 5.74) is 5.24. The fourth-order valence-corrected chi connectivity index (χ4v) is 1.68. The molecule has 1 aromatic rings. The van der Waals surface area contributed by atoms with Crippen molar-refractivity contribution in [1.82, 2.24) is 0 Å². The van der Waals surface area contributed by atoms with Crippen molar-refractivity contribution < 1.29 is 14.3 Å². The summed E-state index contributed by atoms with van der Waals surface area (Å²) in [5.74, 6) is -0.207. The molecule has 0 aliphatic carbocycles. The van der Waals surface area contributed by atoms with Crippen molar-refractivity contribution in [3.63, 3.8) is 0 Å². The predicted octanol–water partition coefficient (Wildman–Crippen LogP) is 2.76. The average molecular weight is 312 g/mol. The van der Waals surface area contributed by atoms with Crippen LogP contribution in [0.3, 0.4) is 0 Å². The molecule has 0 radical (unpaired) electrons. The zero-order valence-electron chi connectivity index (χ0n) is 8.08. The van der Waals surface area contributed by atoms with E-state index in [4.69, 9.17) is 27.3 Å². The largest absolute Gasteiger partial charge is 0.492 e. The molecule has 0 unspecified atom stereocenters. The van der Waals surface area contributed by atoms with Gasteiger partial charge in [-0.2, -0.15) is 0 Å². The van der Waals surface area contributed by atoms with E-state index < -0.39 is 5.82 Å². The predicted molar refractivity (Wildman–Crippen MR) is 62.6 cm³/mol. The molecule has 88 valence electrons. The monoisotopic (exact) mass is 310 g/mol. The van der Waals surface area contributed by atoms with Gasteiger partial charge in [0.25, 0.3) is 0 Å². The number of rotatable bonds is 4. The van der Waals surface area contributed by atoms with Gasteiger partial charge in [-0.25, -0.2) is 4.39 Å². The minimum absolute atomic E-state index is 0.00987. The third kappa shape index (κ3) is 3.53. The number of nitrogens with zero attached hydrogens (tertiary/aromatic N) is 1. The number of hydrogen-bond donors (Lipinski definition) is 2. The first-order valence-electron chi connectivity index (χ1n) is 4.28. The molecule has 0 fully saturated rings. The zero-order chi connectivity index (χ0) is 12.1. The molecule has 16 heavy (non-hydrogen) atoms. The first-order valence-corrected chi connectivity index (χ1v) is 5.45. The molecular formula is C9H9BrClFN2O2.